The van der Waals surface area contributed by atoms with Gasteiger partial charge in [0.05, 0.1) is 117 Å². The van der Waals surface area contributed by atoms with Crippen LogP contribution in [0.4, 0.5) is 0 Å². The zero-order chi connectivity index (χ0) is 93.6. The molecule has 42 unspecified atom stereocenters. The highest BCUT2D eigenvalue weighted by atomic mass is 16.6. The number of carbonyl (C=O) groups is 14. The molecule has 35 heteroatoms. The summed E-state index contributed by atoms with van der Waals surface area (Å²) in [6.07, 6.45) is 11.6. The van der Waals surface area contributed by atoms with Crippen molar-refractivity contribution in [3.8, 4) is 0 Å². The third kappa shape index (κ3) is 16.9. The Morgan fingerprint density at radius 3 is 0.692 bits per heavy atom. The Kier molecular flexibility index (Phi) is 29.0. The lowest BCUT2D eigenvalue weighted by Gasteiger charge is -2.32. The third-order valence-corrected chi connectivity index (χ3v) is 34.0. The zero-order valence-electron chi connectivity index (χ0n) is 76.2. The van der Waals surface area contributed by atoms with E-state index in [1.807, 2.05) is 48.5 Å². The van der Waals surface area contributed by atoms with Gasteiger partial charge in [-0.2, -0.15) is 0 Å². The lowest BCUT2D eigenvalue weighted by molar-refractivity contribution is -0.166. The smallest absolute Gasteiger partial charge is 0.310 e. The van der Waals surface area contributed by atoms with Gasteiger partial charge in [-0.3, -0.25) is 67.1 Å². The van der Waals surface area contributed by atoms with Gasteiger partial charge in [-0.25, -0.2) is 0 Å². The van der Waals surface area contributed by atoms with E-state index in [9.17, 15) is 77.3 Å². The quantitative estimate of drug-likeness (QED) is 0.0474. The molecule has 0 aromatic heterocycles. The van der Waals surface area contributed by atoms with Gasteiger partial charge in [-0.05, 0) is 200 Å². The number of fused-ring (bicyclic) bond motifs is 7. The van der Waals surface area contributed by atoms with Crippen LogP contribution >= 0.6 is 0 Å². The minimum Gasteiger partial charge on any atom is -0.469 e. The SMILES string of the molecule is CC(C)(C)OC(=O)C1C2CC3C(OC(=O)C31)C2CCO.CC(C)(C)OC(=O)C1C2CC3C(OC(=O)C31)C2CO.CCCOC(=O)C1C2CC3C(OC(=O)C31)C2CCO.CCOC(=O)C1C2CC3C(OC(=O)C31)C2CCCO.CCOC(=O)C1C2CC3C(OC(=O)C31)C2CCO.COC(=O)C1C2CC3C(OC(=O)C31)C2CCCO.COC(=O)C1C2CC3C(OC(=O)C31)C2CCO. The van der Waals surface area contributed by atoms with Crippen molar-refractivity contribution in [1.29, 1.82) is 0 Å². The van der Waals surface area contributed by atoms with Crippen LogP contribution in [0.1, 0.15) is 165 Å². The molecule has 14 aliphatic carbocycles. The van der Waals surface area contributed by atoms with E-state index in [0.717, 1.165) is 64.2 Å². The highest BCUT2D eigenvalue weighted by molar-refractivity contribution is 5.91. The van der Waals surface area contributed by atoms with E-state index in [-0.39, 0.29) is 374 Å². The Hall–Kier alpha value is -7.70. The molecular weight excluding hydrogens is 1700 g/mol. The first-order chi connectivity index (χ1) is 62.1. The Labute approximate surface area is 755 Å². The summed E-state index contributed by atoms with van der Waals surface area (Å²) in [5, 5.41) is 64.0. The van der Waals surface area contributed by atoms with Gasteiger partial charge in [0.2, 0.25) is 0 Å². The predicted octanol–water partition coefficient (Wildman–Crippen LogP) is 4.05. The average Bonchev–Trinajstić information content (AvgIpc) is 1.60. The van der Waals surface area contributed by atoms with Gasteiger partial charge in [0, 0.05) is 129 Å². The van der Waals surface area contributed by atoms with E-state index < -0.39 is 17.1 Å². The first-order valence-electron chi connectivity index (χ1n) is 47.9. The predicted molar refractivity (Wildman–Crippen MR) is 440 cm³/mol. The Bertz CT molecular complexity index is 4240. The second-order valence-electron chi connectivity index (χ2n) is 42.0. The molecule has 7 aliphatic heterocycles. The van der Waals surface area contributed by atoms with Crippen molar-refractivity contribution in [3.05, 3.63) is 0 Å². The number of esters is 14. The van der Waals surface area contributed by atoms with Crippen LogP contribution in [-0.4, -0.2) is 254 Å². The summed E-state index contributed by atoms with van der Waals surface area (Å²) in [5.74, 6) is -5.49. The van der Waals surface area contributed by atoms with E-state index in [1.165, 1.54) is 14.2 Å². The third-order valence-electron chi connectivity index (χ3n) is 34.0. The van der Waals surface area contributed by atoms with Gasteiger partial charge in [-0.15, -0.1) is 0 Å². The molecule has 724 valence electrons. The number of aliphatic hydroxyl groups excluding tert-OH is 7. The van der Waals surface area contributed by atoms with Gasteiger partial charge in [0.25, 0.3) is 0 Å². The fourth-order valence-electron chi connectivity index (χ4n) is 30.1. The molecule has 7 saturated heterocycles. The summed E-state index contributed by atoms with van der Waals surface area (Å²) < 4.78 is 74.0. The van der Waals surface area contributed by atoms with Crippen molar-refractivity contribution in [1.82, 2.24) is 0 Å². The average molecular weight is 1840 g/mol. The lowest BCUT2D eigenvalue weighted by Crippen LogP contribution is -2.41. The molecule has 0 spiro atoms. The fourth-order valence-corrected chi connectivity index (χ4v) is 30.1. The number of hydrogen-bond acceptors (Lipinski definition) is 35. The molecule has 0 radical (unpaired) electrons. The Morgan fingerprint density at radius 2 is 0.492 bits per heavy atom. The molecular formula is C95H134O35. The van der Waals surface area contributed by atoms with E-state index in [2.05, 4.69) is 0 Å². The normalized spacial score (nSPS) is 43.5. The van der Waals surface area contributed by atoms with Crippen LogP contribution in [-0.2, 0) is 133 Å². The largest absolute Gasteiger partial charge is 0.469 e. The van der Waals surface area contributed by atoms with Gasteiger partial charge >= 0.3 is 83.6 Å². The maximum atomic E-state index is 12.4. The molecule has 21 rings (SSSR count). The van der Waals surface area contributed by atoms with Crippen LogP contribution in [0, 0.1) is 207 Å². The van der Waals surface area contributed by atoms with Gasteiger partial charge in [0.1, 0.15) is 53.9 Å². The Balaban J connectivity index is 0.000000116. The molecule has 21 aliphatic rings. The number of ether oxygens (including phenoxy) is 14. The summed E-state index contributed by atoms with van der Waals surface area (Å²) in [6.45, 7) is 18.1. The fraction of sp³-hybridized carbons (Fsp3) is 0.853. The van der Waals surface area contributed by atoms with Crippen molar-refractivity contribution in [2.24, 2.45) is 207 Å². The van der Waals surface area contributed by atoms with E-state index >= 15 is 0 Å². The number of hydrogen-bond donors (Lipinski definition) is 7. The molecule has 0 aromatic rings. The number of aliphatic hydroxyl groups is 7. The number of rotatable bonds is 26. The summed E-state index contributed by atoms with van der Waals surface area (Å²) in [7, 11) is 2.72. The molecule has 14 saturated carbocycles. The summed E-state index contributed by atoms with van der Waals surface area (Å²) in [5.41, 5.74) is -1.11. The number of methoxy groups -OCH3 is 2. The van der Waals surface area contributed by atoms with Crippen LogP contribution in [0.2, 0.25) is 0 Å². The van der Waals surface area contributed by atoms with Crippen LogP contribution in [0.25, 0.3) is 0 Å². The van der Waals surface area contributed by atoms with Crippen molar-refractivity contribution < 1.29 is 169 Å². The van der Waals surface area contributed by atoms with Crippen LogP contribution in [0.5, 0.6) is 0 Å². The Morgan fingerprint density at radius 1 is 0.285 bits per heavy atom. The summed E-state index contributed by atoms with van der Waals surface area (Å²) >= 11 is 0. The summed E-state index contributed by atoms with van der Waals surface area (Å²) in [6, 6.07) is 0. The van der Waals surface area contributed by atoms with E-state index in [4.69, 9.17) is 91.8 Å². The molecule has 42 atom stereocenters. The standard InChI is InChI=1S/C15H22O5.3C14H20O5.2C13H18O5.C12H16O5/c1-15(2,3)20-14(18)10-8-6-9-11(10)13(17)19-12(9)7(8)4-5-16;1-14(2,3)19-13(17)9-6-4-7-10(9)12(16)18-11(7)8(6)5-15;1-2-18-13(16)10-8-6-9-11(10)14(17)19-12(9)7(8)4-3-5-15;1-2-5-18-13(16)10-8-6-9-11(10)14(17)19-12(9)7(8)3-4-15;1-17-12(15)9-7-5-8-10(9)13(16)18-11(8)6(7)3-2-4-14;1-2-17-12(15)9-7-5-8-10(9)13(16)18-11(8)6(7)3-4-14;1-16-11(14)8-6-4-7-9(8)12(15)17-10(7)5(6)2-3-13/h7-12,16H,4-6H2,1-3H3;6-11,15H,4-5H2,1-3H3;2*7-12,15H,2-6H2,1H3;2*6-11,14H,2-5H2,1H3;5-10,13H,2-4H2,1H3. The maximum Gasteiger partial charge on any atom is 0.310 e. The molecule has 130 heavy (non-hydrogen) atoms. The van der Waals surface area contributed by atoms with Gasteiger partial charge in [0.15, 0.2) is 0 Å². The number of carbonyl (C=O) groups excluding carboxylic acids is 14. The monoisotopic (exact) mass is 1830 g/mol. The second kappa shape index (κ2) is 38.9. The highest BCUT2D eigenvalue weighted by Gasteiger charge is 2.75. The van der Waals surface area contributed by atoms with E-state index in [0.29, 0.717) is 58.3 Å². The first-order valence-corrected chi connectivity index (χ1v) is 47.9. The summed E-state index contributed by atoms with van der Waals surface area (Å²) in [4.78, 5) is 168. The van der Waals surface area contributed by atoms with Crippen molar-refractivity contribution in [2.45, 2.75) is 219 Å². The van der Waals surface area contributed by atoms with Crippen molar-refractivity contribution >= 4 is 83.6 Å². The zero-order valence-corrected chi connectivity index (χ0v) is 76.2. The lowest BCUT2D eigenvalue weighted by atomic mass is 9.73. The van der Waals surface area contributed by atoms with Crippen LogP contribution in [0.3, 0.4) is 0 Å². The van der Waals surface area contributed by atoms with Crippen molar-refractivity contribution in [3.63, 3.8) is 0 Å². The topological polar surface area (TPSA) is 510 Å². The maximum absolute atomic E-state index is 12.4. The van der Waals surface area contributed by atoms with E-state index in [1.54, 1.807) is 13.8 Å². The molecule has 7 N–H and O–H groups in total. The minimum absolute atomic E-state index is 0.0197. The second-order valence-corrected chi connectivity index (χ2v) is 42.0. The molecule has 0 amide bonds. The minimum atomic E-state index is -0.560. The molecule has 21 fully saturated rings. The highest BCUT2D eigenvalue weighted by Crippen LogP contribution is 2.68. The molecule has 35 nitrogen and oxygen atoms in total. The van der Waals surface area contributed by atoms with Gasteiger partial charge in [-0.1, -0.05) is 6.92 Å². The molecule has 0 aromatic carbocycles. The molecule has 14 bridgehead atoms. The molecule has 7 heterocycles. The van der Waals surface area contributed by atoms with Crippen molar-refractivity contribution in [2.75, 3.05) is 80.3 Å². The van der Waals surface area contributed by atoms with Gasteiger partial charge < -0.3 is 102 Å². The first kappa shape index (κ1) is 96.9. The van der Waals surface area contributed by atoms with Crippen LogP contribution < -0.4 is 0 Å². The van der Waals surface area contributed by atoms with Crippen LogP contribution in [0.15, 0.2) is 0 Å².